The molecule has 2 aliphatic rings. The van der Waals surface area contributed by atoms with Crippen LogP contribution in [-0.2, 0) is 0 Å². The number of amides is 2. The SMILES string of the molecule is O=C(Nc1ccc2c(c1)OCCO2)NC1CCC1. The Kier molecular flexibility index (Phi) is 2.96. The minimum absolute atomic E-state index is 0.156. The van der Waals surface area contributed by atoms with Gasteiger partial charge in [-0.05, 0) is 31.4 Å². The predicted molar refractivity (Wildman–Crippen MR) is 67.2 cm³/mol. The third kappa shape index (κ3) is 2.34. The van der Waals surface area contributed by atoms with Gasteiger partial charge in [0, 0.05) is 17.8 Å². The van der Waals surface area contributed by atoms with Crippen LogP contribution in [0.25, 0.3) is 0 Å². The molecule has 1 aromatic carbocycles. The predicted octanol–water partition coefficient (Wildman–Crippen LogP) is 2.13. The second-order valence-electron chi connectivity index (χ2n) is 4.58. The lowest BCUT2D eigenvalue weighted by Gasteiger charge is -2.26. The lowest BCUT2D eigenvalue weighted by Crippen LogP contribution is -2.41. The Hall–Kier alpha value is -1.91. The van der Waals surface area contributed by atoms with Crippen molar-refractivity contribution in [2.45, 2.75) is 25.3 Å². The summed E-state index contributed by atoms with van der Waals surface area (Å²) in [5, 5.41) is 5.73. The fraction of sp³-hybridized carbons (Fsp3) is 0.462. The molecule has 1 saturated carbocycles. The molecular weight excluding hydrogens is 232 g/mol. The number of anilines is 1. The quantitative estimate of drug-likeness (QED) is 0.843. The molecule has 1 heterocycles. The monoisotopic (exact) mass is 248 g/mol. The van der Waals surface area contributed by atoms with Gasteiger partial charge in [0.25, 0.3) is 0 Å². The first-order valence-electron chi connectivity index (χ1n) is 6.28. The van der Waals surface area contributed by atoms with E-state index < -0.39 is 0 Å². The van der Waals surface area contributed by atoms with Crippen LogP contribution in [0.1, 0.15) is 19.3 Å². The van der Waals surface area contributed by atoms with Crippen LogP contribution in [0.2, 0.25) is 0 Å². The number of hydrogen-bond donors (Lipinski definition) is 2. The summed E-state index contributed by atoms with van der Waals surface area (Å²) in [4.78, 5) is 11.7. The number of carbonyl (C=O) groups is 1. The van der Waals surface area contributed by atoms with E-state index in [4.69, 9.17) is 9.47 Å². The Bertz CT molecular complexity index is 458. The summed E-state index contributed by atoms with van der Waals surface area (Å²) >= 11 is 0. The summed E-state index contributed by atoms with van der Waals surface area (Å²) in [6.07, 6.45) is 3.36. The van der Waals surface area contributed by atoms with Gasteiger partial charge in [0.05, 0.1) is 0 Å². The molecule has 0 saturated heterocycles. The Morgan fingerprint density at radius 2 is 1.94 bits per heavy atom. The van der Waals surface area contributed by atoms with E-state index in [0.717, 1.165) is 24.3 Å². The highest BCUT2D eigenvalue weighted by molar-refractivity contribution is 5.89. The highest BCUT2D eigenvalue weighted by Gasteiger charge is 2.19. The number of hydrogen-bond acceptors (Lipinski definition) is 3. The maximum absolute atomic E-state index is 11.7. The van der Waals surface area contributed by atoms with E-state index in [1.165, 1.54) is 6.42 Å². The maximum atomic E-state index is 11.7. The molecule has 0 aromatic heterocycles. The van der Waals surface area contributed by atoms with Gasteiger partial charge in [-0.1, -0.05) is 0 Å². The number of ether oxygens (including phenoxy) is 2. The molecule has 1 fully saturated rings. The van der Waals surface area contributed by atoms with Crippen molar-refractivity contribution >= 4 is 11.7 Å². The van der Waals surface area contributed by atoms with Crippen molar-refractivity contribution in [3.8, 4) is 11.5 Å². The standard InChI is InChI=1S/C13H16N2O3/c16-13(14-9-2-1-3-9)15-10-4-5-11-12(8-10)18-7-6-17-11/h4-5,8-9H,1-3,6-7H2,(H2,14,15,16). The molecule has 5 nitrogen and oxygen atoms in total. The van der Waals surface area contributed by atoms with Crippen LogP contribution in [0.4, 0.5) is 10.5 Å². The largest absolute Gasteiger partial charge is 0.486 e. The van der Waals surface area contributed by atoms with Crippen LogP contribution in [0.15, 0.2) is 18.2 Å². The topological polar surface area (TPSA) is 59.6 Å². The summed E-state index contributed by atoms with van der Waals surface area (Å²) in [5.74, 6) is 1.41. The third-order valence-corrected chi connectivity index (χ3v) is 3.24. The second-order valence-corrected chi connectivity index (χ2v) is 4.58. The van der Waals surface area contributed by atoms with Gasteiger partial charge in [-0.3, -0.25) is 0 Å². The molecule has 2 amide bonds. The van der Waals surface area contributed by atoms with Gasteiger partial charge in [-0.25, -0.2) is 4.79 Å². The van der Waals surface area contributed by atoms with E-state index in [-0.39, 0.29) is 6.03 Å². The normalized spacial score (nSPS) is 17.8. The molecule has 5 heteroatoms. The number of nitrogens with one attached hydrogen (secondary N) is 2. The van der Waals surface area contributed by atoms with Crippen LogP contribution in [0, 0.1) is 0 Å². The molecule has 0 radical (unpaired) electrons. The molecule has 96 valence electrons. The average molecular weight is 248 g/mol. The summed E-state index contributed by atoms with van der Waals surface area (Å²) in [7, 11) is 0. The lowest BCUT2D eigenvalue weighted by molar-refractivity contribution is 0.171. The lowest BCUT2D eigenvalue weighted by atomic mass is 9.93. The van der Waals surface area contributed by atoms with Gasteiger partial charge in [0.1, 0.15) is 13.2 Å². The van der Waals surface area contributed by atoms with Crippen LogP contribution >= 0.6 is 0 Å². The molecule has 18 heavy (non-hydrogen) atoms. The van der Waals surface area contributed by atoms with Crippen molar-refractivity contribution in [3.05, 3.63) is 18.2 Å². The molecule has 0 bridgehead atoms. The van der Waals surface area contributed by atoms with E-state index in [1.807, 2.05) is 12.1 Å². The summed E-state index contributed by atoms with van der Waals surface area (Å²) in [6, 6.07) is 5.59. The summed E-state index contributed by atoms with van der Waals surface area (Å²) in [6.45, 7) is 1.12. The summed E-state index contributed by atoms with van der Waals surface area (Å²) in [5.41, 5.74) is 0.719. The van der Waals surface area contributed by atoms with E-state index in [1.54, 1.807) is 6.07 Å². The van der Waals surface area contributed by atoms with Crippen LogP contribution in [-0.4, -0.2) is 25.3 Å². The molecule has 0 atom stereocenters. The van der Waals surface area contributed by atoms with Crippen molar-refractivity contribution in [1.82, 2.24) is 5.32 Å². The molecule has 3 rings (SSSR count). The zero-order chi connectivity index (χ0) is 12.4. The molecular formula is C13H16N2O3. The highest BCUT2D eigenvalue weighted by Crippen LogP contribution is 2.32. The van der Waals surface area contributed by atoms with Gasteiger partial charge in [-0.2, -0.15) is 0 Å². The summed E-state index contributed by atoms with van der Waals surface area (Å²) < 4.78 is 10.9. The van der Waals surface area contributed by atoms with Gasteiger partial charge in [0.2, 0.25) is 0 Å². The van der Waals surface area contributed by atoms with Crippen molar-refractivity contribution in [3.63, 3.8) is 0 Å². The Balaban J connectivity index is 1.63. The Morgan fingerprint density at radius 3 is 2.67 bits per heavy atom. The Morgan fingerprint density at radius 1 is 1.17 bits per heavy atom. The van der Waals surface area contributed by atoms with Gasteiger partial charge >= 0.3 is 6.03 Å². The van der Waals surface area contributed by atoms with Crippen LogP contribution in [0.5, 0.6) is 11.5 Å². The first-order chi connectivity index (χ1) is 8.81. The van der Waals surface area contributed by atoms with Crippen molar-refractivity contribution < 1.29 is 14.3 Å². The number of carbonyl (C=O) groups excluding carboxylic acids is 1. The highest BCUT2D eigenvalue weighted by atomic mass is 16.6. The maximum Gasteiger partial charge on any atom is 0.319 e. The molecule has 2 N–H and O–H groups in total. The number of benzene rings is 1. The Labute approximate surface area is 105 Å². The molecule has 1 aliphatic heterocycles. The number of urea groups is 1. The zero-order valence-corrected chi connectivity index (χ0v) is 10.1. The van der Waals surface area contributed by atoms with Crippen LogP contribution in [0.3, 0.4) is 0 Å². The number of fused-ring (bicyclic) bond motifs is 1. The minimum atomic E-state index is -0.156. The van der Waals surface area contributed by atoms with Gasteiger partial charge in [-0.15, -0.1) is 0 Å². The first kappa shape index (κ1) is 11.2. The molecule has 1 aromatic rings. The van der Waals surface area contributed by atoms with Crippen molar-refractivity contribution in [2.75, 3.05) is 18.5 Å². The smallest absolute Gasteiger partial charge is 0.319 e. The van der Waals surface area contributed by atoms with E-state index in [0.29, 0.717) is 25.0 Å². The van der Waals surface area contributed by atoms with Gasteiger partial charge < -0.3 is 20.1 Å². The fourth-order valence-corrected chi connectivity index (χ4v) is 2.03. The van der Waals surface area contributed by atoms with Crippen molar-refractivity contribution in [1.29, 1.82) is 0 Å². The van der Waals surface area contributed by atoms with Crippen molar-refractivity contribution in [2.24, 2.45) is 0 Å². The molecule has 1 aliphatic carbocycles. The third-order valence-electron chi connectivity index (χ3n) is 3.24. The van der Waals surface area contributed by atoms with E-state index in [2.05, 4.69) is 10.6 Å². The fourth-order valence-electron chi connectivity index (χ4n) is 2.03. The number of rotatable bonds is 2. The average Bonchev–Trinajstić information content (AvgIpc) is 2.34. The first-order valence-corrected chi connectivity index (χ1v) is 6.28. The van der Waals surface area contributed by atoms with Crippen LogP contribution < -0.4 is 20.1 Å². The second kappa shape index (κ2) is 4.76. The molecule has 0 spiro atoms. The molecule has 0 unspecified atom stereocenters. The minimum Gasteiger partial charge on any atom is -0.486 e. The van der Waals surface area contributed by atoms with E-state index in [9.17, 15) is 4.79 Å². The zero-order valence-electron chi connectivity index (χ0n) is 10.1. The van der Waals surface area contributed by atoms with E-state index >= 15 is 0 Å². The van der Waals surface area contributed by atoms with Gasteiger partial charge in [0.15, 0.2) is 11.5 Å².